The average Bonchev–Trinajstić information content (AvgIpc) is 2.43. The van der Waals surface area contributed by atoms with Crippen LogP contribution in [0.4, 0.5) is 0 Å². The summed E-state index contributed by atoms with van der Waals surface area (Å²) >= 11 is 0. The van der Waals surface area contributed by atoms with Gasteiger partial charge in [-0.2, -0.15) is 8.42 Å². The largest absolute Gasteiger partial charge is 0.493 e. The maximum atomic E-state index is 11.0. The van der Waals surface area contributed by atoms with Gasteiger partial charge in [0.15, 0.2) is 0 Å². The Morgan fingerprint density at radius 1 is 1.00 bits per heavy atom. The molecular formula is C17H22O4S. The van der Waals surface area contributed by atoms with Crippen LogP contribution in [0.2, 0.25) is 0 Å². The Kier molecular flexibility index (Phi) is 3.28. The SMILES string of the molecule is O=S(=O)(O)c1ccc(OCC23CC4CC(CC(C4)C2)C3)cc1. The summed E-state index contributed by atoms with van der Waals surface area (Å²) < 4.78 is 37.1. The molecule has 22 heavy (non-hydrogen) atoms. The highest BCUT2D eigenvalue weighted by Gasteiger charge is 2.51. The third-order valence-corrected chi connectivity index (χ3v) is 6.70. The molecule has 0 aromatic heterocycles. The third kappa shape index (κ3) is 2.65. The summed E-state index contributed by atoms with van der Waals surface area (Å²) in [5.74, 6) is 3.38. The van der Waals surface area contributed by atoms with Gasteiger partial charge in [-0.05, 0) is 80.5 Å². The molecule has 0 spiro atoms. The van der Waals surface area contributed by atoms with E-state index in [2.05, 4.69) is 0 Å². The molecule has 4 saturated carbocycles. The summed E-state index contributed by atoms with van der Waals surface area (Å²) in [6, 6.07) is 6.04. The van der Waals surface area contributed by atoms with E-state index in [1.54, 1.807) is 12.1 Å². The fraction of sp³-hybridized carbons (Fsp3) is 0.647. The second kappa shape index (κ2) is 4.96. The van der Waals surface area contributed by atoms with Gasteiger partial charge in [-0.3, -0.25) is 4.55 Å². The summed E-state index contributed by atoms with van der Waals surface area (Å²) in [5.41, 5.74) is 0.344. The lowest BCUT2D eigenvalue weighted by Gasteiger charge is -2.56. The third-order valence-electron chi connectivity index (χ3n) is 5.83. The Balaban J connectivity index is 1.44. The molecule has 120 valence electrons. The molecule has 1 N–H and O–H groups in total. The van der Waals surface area contributed by atoms with Gasteiger partial charge in [-0.1, -0.05) is 0 Å². The van der Waals surface area contributed by atoms with Crippen LogP contribution < -0.4 is 4.74 Å². The standard InChI is InChI=1S/C17H22O4S/c18-22(19,20)16-3-1-15(2-4-16)21-11-17-8-12-5-13(9-17)7-14(6-12)10-17/h1-4,12-14H,5-11H2,(H,18,19,20). The molecule has 4 fully saturated rings. The zero-order valence-corrected chi connectivity index (χ0v) is 13.4. The molecule has 4 aliphatic carbocycles. The van der Waals surface area contributed by atoms with Gasteiger partial charge in [0.25, 0.3) is 10.1 Å². The van der Waals surface area contributed by atoms with Crippen LogP contribution in [0.25, 0.3) is 0 Å². The van der Waals surface area contributed by atoms with Gasteiger partial charge in [-0.25, -0.2) is 0 Å². The van der Waals surface area contributed by atoms with Crippen LogP contribution in [-0.4, -0.2) is 19.6 Å². The first-order valence-electron chi connectivity index (χ1n) is 8.12. The van der Waals surface area contributed by atoms with Crippen molar-refractivity contribution in [2.45, 2.75) is 43.4 Å². The maximum Gasteiger partial charge on any atom is 0.294 e. The van der Waals surface area contributed by atoms with Crippen molar-refractivity contribution in [2.75, 3.05) is 6.61 Å². The van der Waals surface area contributed by atoms with E-state index >= 15 is 0 Å². The van der Waals surface area contributed by atoms with Crippen LogP contribution in [0.5, 0.6) is 5.75 Å². The highest BCUT2D eigenvalue weighted by molar-refractivity contribution is 7.85. The molecule has 4 bridgehead atoms. The molecule has 4 nitrogen and oxygen atoms in total. The highest BCUT2D eigenvalue weighted by atomic mass is 32.2. The first-order chi connectivity index (χ1) is 10.4. The highest BCUT2D eigenvalue weighted by Crippen LogP contribution is 2.60. The molecule has 0 unspecified atom stereocenters. The minimum atomic E-state index is -4.13. The summed E-state index contributed by atoms with van der Waals surface area (Å²) in [6.07, 6.45) is 8.14. The van der Waals surface area contributed by atoms with Gasteiger partial charge in [0, 0.05) is 5.41 Å². The molecular weight excluding hydrogens is 300 g/mol. The molecule has 0 atom stereocenters. The van der Waals surface area contributed by atoms with Crippen molar-refractivity contribution in [1.82, 2.24) is 0 Å². The zero-order chi connectivity index (χ0) is 15.4. The van der Waals surface area contributed by atoms with E-state index in [-0.39, 0.29) is 4.90 Å². The monoisotopic (exact) mass is 322 g/mol. The van der Waals surface area contributed by atoms with Gasteiger partial charge < -0.3 is 4.74 Å². The lowest BCUT2D eigenvalue weighted by molar-refractivity contribution is -0.0745. The van der Waals surface area contributed by atoms with Gasteiger partial charge >= 0.3 is 0 Å². The maximum absolute atomic E-state index is 11.0. The minimum Gasteiger partial charge on any atom is -0.493 e. The number of hydrogen-bond donors (Lipinski definition) is 1. The minimum absolute atomic E-state index is 0.0883. The molecule has 0 saturated heterocycles. The van der Waals surface area contributed by atoms with Crippen molar-refractivity contribution < 1.29 is 17.7 Å². The van der Waals surface area contributed by atoms with Crippen molar-refractivity contribution in [3.05, 3.63) is 24.3 Å². The molecule has 0 aliphatic heterocycles. The summed E-state index contributed by atoms with van der Waals surface area (Å²) in [4.78, 5) is -0.0883. The van der Waals surface area contributed by atoms with Crippen molar-refractivity contribution in [3.63, 3.8) is 0 Å². The predicted molar refractivity (Wildman–Crippen MR) is 82.4 cm³/mol. The quantitative estimate of drug-likeness (QED) is 0.861. The van der Waals surface area contributed by atoms with E-state index in [1.807, 2.05) is 0 Å². The van der Waals surface area contributed by atoms with E-state index in [4.69, 9.17) is 9.29 Å². The molecule has 1 aromatic carbocycles. The van der Waals surface area contributed by atoms with Crippen LogP contribution in [-0.2, 0) is 10.1 Å². The Hall–Kier alpha value is -1.07. The van der Waals surface area contributed by atoms with Gasteiger partial charge in [-0.15, -0.1) is 0 Å². The Bertz CT molecular complexity index is 627. The Morgan fingerprint density at radius 2 is 1.50 bits per heavy atom. The van der Waals surface area contributed by atoms with E-state index < -0.39 is 10.1 Å². The Labute approximate surface area is 131 Å². The van der Waals surface area contributed by atoms with Crippen molar-refractivity contribution in [1.29, 1.82) is 0 Å². The van der Waals surface area contributed by atoms with Crippen LogP contribution >= 0.6 is 0 Å². The molecule has 1 aromatic rings. The summed E-state index contributed by atoms with van der Waals surface area (Å²) in [6.45, 7) is 0.738. The number of ether oxygens (including phenoxy) is 1. The summed E-state index contributed by atoms with van der Waals surface area (Å²) in [5, 5.41) is 0. The normalized spacial score (nSPS) is 36.5. The molecule has 5 heteroatoms. The van der Waals surface area contributed by atoms with Crippen LogP contribution in [0.15, 0.2) is 29.2 Å². The van der Waals surface area contributed by atoms with E-state index in [1.165, 1.54) is 50.7 Å². The molecule has 0 radical (unpaired) electrons. The van der Waals surface area contributed by atoms with Crippen LogP contribution in [0.3, 0.4) is 0 Å². The average molecular weight is 322 g/mol. The van der Waals surface area contributed by atoms with E-state index in [9.17, 15) is 8.42 Å². The number of hydrogen-bond acceptors (Lipinski definition) is 3. The molecule has 0 amide bonds. The smallest absolute Gasteiger partial charge is 0.294 e. The topological polar surface area (TPSA) is 63.6 Å². The van der Waals surface area contributed by atoms with Gasteiger partial charge in [0.1, 0.15) is 5.75 Å². The van der Waals surface area contributed by atoms with E-state index in [0.29, 0.717) is 11.2 Å². The van der Waals surface area contributed by atoms with Crippen LogP contribution in [0, 0.1) is 23.2 Å². The first kappa shape index (κ1) is 14.5. The molecule has 5 rings (SSSR count). The fourth-order valence-corrected chi connectivity index (χ4v) is 5.89. The fourth-order valence-electron chi connectivity index (χ4n) is 5.41. The predicted octanol–water partition coefficient (Wildman–Crippen LogP) is 3.53. The first-order valence-corrected chi connectivity index (χ1v) is 9.56. The lowest BCUT2D eigenvalue weighted by atomic mass is 9.50. The van der Waals surface area contributed by atoms with Crippen LogP contribution in [0.1, 0.15) is 38.5 Å². The van der Waals surface area contributed by atoms with Crippen molar-refractivity contribution in [2.24, 2.45) is 23.2 Å². The number of rotatable bonds is 4. The Morgan fingerprint density at radius 3 is 1.95 bits per heavy atom. The van der Waals surface area contributed by atoms with E-state index in [0.717, 1.165) is 24.4 Å². The zero-order valence-electron chi connectivity index (χ0n) is 12.6. The second-order valence-corrected chi connectivity index (χ2v) is 9.07. The molecule has 0 heterocycles. The van der Waals surface area contributed by atoms with Crippen molar-refractivity contribution in [3.8, 4) is 5.75 Å². The number of benzene rings is 1. The van der Waals surface area contributed by atoms with Gasteiger partial charge in [0.2, 0.25) is 0 Å². The van der Waals surface area contributed by atoms with Crippen molar-refractivity contribution >= 4 is 10.1 Å². The van der Waals surface area contributed by atoms with Gasteiger partial charge in [0.05, 0.1) is 11.5 Å². The second-order valence-electron chi connectivity index (χ2n) is 7.65. The summed E-state index contributed by atoms with van der Waals surface area (Å²) in [7, 11) is -4.13. The lowest BCUT2D eigenvalue weighted by Crippen LogP contribution is -2.48. The molecule has 4 aliphatic rings.